The van der Waals surface area contributed by atoms with E-state index in [1.165, 1.54) is 51.7 Å². The van der Waals surface area contributed by atoms with E-state index in [0.717, 1.165) is 90.0 Å². The van der Waals surface area contributed by atoms with Crippen molar-refractivity contribution in [2.45, 2.75) is 120 Å². The lowest BCUT2D eigenvalue weighted by Crippen LogP contribution is -2.44. The molecule has 0 radical (unpaired) electrons. The van der Waals surface area contributed by atoms with Crippen molar-refractivity contribution in [1.82, 2.24) is 15.1 Å². The molecule has 0 aromatic rings. The Morgan fingerprint density at radius 2 is 1.16 bits per heavy atom. The summed E-state index contributed by atoms with van der Waals surface area (Å²) in [6, 6.07) is 0. The molecule has 4 N–H and O–H groups in total. The highest BCUT2D eigenvalue weighted by molar-refractivity contribution is 4.84. The topological polar surface area (TPSA) is 97.7 Å². The molecule has 216 valence electrons. The van der Waals surface area contributed by atoms with Gasteiger partial charge in [-0.05, 0) is 109 Å². The fourth-order valence-electron chi connectivity index (χ4n) is 6.46. The molecule has 5 fully saturated rings. The zero-order valence-electron chi connectivity index (χ0n) is 23.2. The Kier molecular flexibility index (Phi) is 12.9. The standard InChI is InChI=1S/C15H28N2O2.C14H27NO3/c18-13-9-12(10-13)11-17-7-3-15(4-8-17)19-14-1-5-16-6-2-14;16-9-3-1-2-6-15-7-4-13(5-8-15)18-14-10-12(17)11-14/h12-16,18H,1-11H2;12-14,16-17H,1-11H2. The van der Waals surface area contributed by atoms with Gasteiger partial charge >= 0.3 is 0 Å². The molecule has 2 saturated carbocycles. The second-order valence-corrected chi connectivity index (χ2v) is 12.3. The van der Waals surface area contributed by atoms with Crippen molar-refractivity contribution in [3.63, 3.8) is 0 Å². The zero-order chi connectivity index (χ0) is 25.9. The van der Waals surface area contributed by atoms with Crippen molar-refractivity contribution in [2.24, 2.45) is 5.92 Å². The molecule has 5 rings (SSSR count). The summed E-state index contributed by atoms with van der Waals surface area (Å²) in [5, 5.41) is 30.7. The maximum absolute atomic E-state index is 9.33. The molecule has 5 aliphatic rings. The number of unbranched alkanes of at least 4 members (excludes halogenated alkanes) is 2. The first-order valence-electron chi connectivity index (χ1n) is 15.5. The van der Waals surface area contributed by atoms with Crippen LogP contribution in [0.15, 0.2) is 0 Å². The fraction of sp³-hybridized carbons (Fsp3) is 1.00. The summed E-state index contributed by atoms with van der Waals surface area (Å²) in [7, 11) is 0. The lowest BCUT2D eigenvalue weighted by Gasteiger charge is -2.39. The van der Waals surface area contributed by atoms with Crippen LogP contribution in [0.25, 0.3) is 0 Å². The van der Waals surface area contributed by atoms with Crippen molar-refractivity contribution < 1.29 is 24.8 Å². The third kappa shape index (κ3) is 10.6. The van der Waals surface area contributed by atoms with Crippen LogP contribution in [0.3, 0.4) is 0 Å². The summed E-state index contributed by atoms with van der Waals surface area (Å²) in [4.78, 5) is 5.08. The third-order valence-corrected chi connectivity index (χ3v) is 9.05. The fourth-order valence-corrected chi connectivity index (χ4v) is 6.46. The minimum absolute atomic E-state index is 0.00853. The van der Waals surface area contributed by atoms with E-state index in [-0.39, 0.29) is 12.2 Å². The number of piperidine rings is 3. The minimum atomic E-state index is -0.110. The lowest BCUT2D eigenvalue weighted by atomic mass is 9.82. The number of aliphatic hydroxyl groups excluding tert-OH is 3. The van der Waals surface area contributed by atoms with Gasteiger partial charge in [-0.1, -0.05) is 0 Å². The molecule has 0 spiro atoms. The third-order valence-electron chi connectivity index (χ3n) is 9.05. The Balaban J connectivity index is 0.000000173. The van der Waals surface area contributed by atoms with Gasteiger partial charge in [-0.25, -0.2) is 0 Å². The van der Waals surface area contributed by atoms with Crippen LogP contribution in [0.5, 0.6) is 0 Å². The number of rotatable bonds is 11. The Labute approximate surface area is 225 Å². The summed E-state index contributed by atoms with van der Waals surface area (Å²) in [5.41, 5.74) is 0. The van der Waals surface area contributed by atoms with Gasteiger partial charge in [0.15, 0.2) is 0 Å². The average molecular weight is 526 g/mol. The molecule has 37 heavy (non-hydrogen) atoms. The van der Waals surface area contributed by atoms with Crippen LogP contribution >= 0.6 is 0 Å². The van der Waals surface area contributed by atoms with E-state index in [1.807, 2.05) is 0 Å². The van der Waals surface area contributed by atoms with Crippen LogP contribution in [0.4, 0.5) is 0 Å². The van der Waals surface area contributed by atoms with Gasteiger partial charge < -0.3 is 39.9 Å². The predicted octanol–water partition coefficient (Wildman–Crippen LogP) is 2.14. The largest absolute Gasteiger partial charge is 0.396 e. The average Bonchev–Trinajstić information content (AvgIpc) is 2.88. The van der Waals surface area contributed by atoms with Gasteiger partial charge in [0.25, 0.3) is 0 Å². The van der Waals surface area contributed by atoms with E-state index in [9.17, 15) is 10.2 Å². The van der Waals surface area contributed by atoms with Crippen LogP contribution < -0.4 is 5.32 Å². The van der Waals surface area contributed by atoms with Crippen molar-refractivity contribution in [3.05, 3.63) is 0 Å². The Bertz CT molecular complexity index is 594. The van der Waals surface area contributed by atoms with Gasteiger partial charge in [0.1, 0.15) is 0 Å². The van der Waals surface area contributed by atoms with E-state index in [0.29, 0.717) is 31.0 Å². The van der Waals surface area contributed by atoms with Crippen molar-refractivity contribution >= 4 is 0 Å². The minimum Gasteiger partial charge on any atom is -0.396 e. The summed E-state index contributed by atoms with van der Waals surface area (Å²) in [6.07, 6.45) is 15.6. The summed E-state index contributed by atoms with van der Waals surface area (Å²) < 4.78 is 12.2. The van der Waals surface area contributed by atoms with Gasteiger partial charge in [0.2, 0.25) is 0 Å². The van der Waals surface area contributed by atoms with E-state index in [4.69, 9.17) is 14.6 Å². The quantitative estimate of drug-likeness (QED) is 0.305. The van der Waals surface area contributed by atoms with E-state index >= 15 is 0 Å². The van der Waals surface area contributed by atoms with Crippen molar-refractivity contribution in [2.75, 3.05) is 59.0 Å². The molecule has 0 atom stereocenters. The summed E-state index contributed by atoms with van der Waals surface area (Å²) >= 11 is 0. The Morgan fingerprint density at radius 3 is 1.73 bits per heavy atom. The van der Waals surface area contributed by atoms with Crippen molar-refractivity contribution in [3.8, 4) is 0 Å². The number of nitrogens with one attached hydrogen (secondary N) is 1. The second kappa shape index (κ2) is 16.1. The van der Waals surface area contributed by atoms with Gasteiger partial charge in [-0.2, -0.15) is 0 Å². The molecule has 0 amide bonds. The van der Waals surface area contributed by atoms with Crippen molar-refractivity contribution in [1.29, 1.82) is 0 Å². The highest BCUT2D eigenvalue weighted by Crippen LogP contribution is 2.29. The number of aliphatic hydroxyl groups is 3. The van der Waals surface area contributed by atoms with Crippen LogP contribution in [0, 0.1) is 5.92 Å². The maximum atomic E-state index is 9.33. The highest BCUT2D eigenvalue weighted by Gasteiger charge is 2.32. The zero-order valence-corrected chi connectivity index (χ0v) is 23.2. The monoisotopic (exact) mass is 525 g/mol. The van der Waals surface area contributed by atoms with Crippen LogP contribution in [-0.2, 0) is 9.47 Å². The van der Waals surface area contributed by atoms with Gasteiger partial charge in [0, 0.05) is 39.3 Å². The van der Waals surface area contributed by atoms with Crippen LogP contribution in [0.1, 0.15) is 83.5 Å². The molecular weight excluding hydrogens is 470 g/mol. The molecule has 3 aliphatic heterocycles. The molecular formula is C29H55N3O5. The number of hydrogen-bond donors (Lipinski definition) is 4. The number of hydrogen-bond acceptors (Lipinski definition) is 8. The SMILES string of the molecule is OC1CC(CN2CCC(OC3CCNCC3)CC2)C1.OCCCCCN1CCC(OC2CC(O)C2)CC1. The van der Waals surface area contributed by atoms with E-state index in [2.05, 4.69) is 15.1 Å². The summed E-state index contributed by atoms with van der Waals surface area (Å²) in [5.74, 6) is 0.747. The lowest BCUT2D eigenvalue weighted by molar-refractivity contribution is -0.116. The molecule has 8 heteroatoms. The molecule has 0 aromatic heterocycles. The number of ether oxygens (including phenoxy) is 2. The first-order valence-corrected chi connectivity index (χ1v) is 15.5. The molecule has 0 unspecified atom stereocenters. The predicted molar refractivity (Wildman–Crippen MR) is 146 cm³/mol. The molecule has 8 nitrogen and oxygen atoms in total. The maximum Gasteiger partial charge on any atom is 0.0628 e. The molecule has 3 saturated heterocycles. The van der Waals surface area contributed by atoms with Gasteiger partial charge in [-0.15, -0.1) is 0 Å². The van der Waals surface area contributed by atoms with E-state index in [1.54, 1.807) is 0 Å². The second-order valence-electron chi connectivity index (χ2n) is 12.3. The molecule has 0 bridgehead atoms. The normalized spacial score (nSPS) is 32.8. The van der Waals surface area contributed by atoms with E-state index < -0.39 is 0 Å². The number of likely N-dealkylation sites (tertiary alicyclic amines) is 2. The first kappa shape index (κ1) is 29.7. The Morgan fingerprint density at radius 1 is 0.622 bits per heavy atom. The molecule has 0 aromatic carbocycles. The smallest absolute Gasteiger partial charge is 0.0628 e. The van der Waals surface area contributed by atoms with Crippen LogP contribution in [0.2, 0.25) is 0 Å². The first-order chi connectivity index (χ1) is 18.1. The highest BCUT2D eigenvalue weighted by atomic mass is 16.5. The molecule has 3 heterocycles. The molecule has 2 aliphatic carbocycles. The number of nitrogens with zero attached hydrogens (tertiary/aromatic N) is 2. The van der Waals surface area contributed by atoms with Gasteiger partial charge in [0.05, 0.1) is 36.6 Å². The summed E-state index contributed by atoms with van der Waals surface area (Å²) in [6.45, 7) is 9.55. The van der Waals surface area contributed by atoms with Gasteiger partial charge in [-0.3, -0.25) is 0 Å². The van der Waals surface area contributed by atoms with Crippen LogP contribution in [-0.4, -0.2) is 121 Å². The Hall–Kier alpha value is -0.320.